The van der Waals surface area contributed by atoms with Crippen LogP contribution >= 0.6 is 11.6 Å². The predicted octanol–water partition coefficient (Wildman–Crippen LogP) is 1.76. The maximum Gasteiger partial charge on any atom is 0.240 e. The van der Waals surface area contributed by atoms with Crippen LogP contribution in [0.1, 0.15) is 25.7 Å². The summed E-state index contributed by atoms with van der Waals surface area (Å²) in [4.78, 5) is 14.4. The number of sulfone groups is 1. The first kappa shape index (κ1) is 19.9. The lowest BCUT2D eigenvalue weighted by atomic mass is 10.1. The fourth-order valence-electron chi connectivity index (χ4n) is 3.53. The summed E-state index contributed by atoms with van der Waals surface area (Å²) < 4.78 is 28.8. The molecule has 0 unspecified atom stereocenters. The molecule has 0 bridgehead atoms. The van der Waals surface area contributed by atoms with E-state index in [0.29, 0.717) is 25.3 Å². The molecular weight excluding hydrogens is 390 g/mol. The van der Waals surface area contributed by atoms with E-state index in [9.17, 15) is 13.2 Å². The maximum atomic E-state index is 12.6. The third kappa shape index (κ3) is 4.54. The molecule has 9 heteroatoms. The molecule has 27 heavy (non-hydrogen) atoms. The second kappa shape index (κ2) is 8.05. The second-order valence-corrected chi connectivity index (χ2v) is 9.41. The quantitative estimate of drug-likeness (QED) is 0.792. The lowest BCUT2D eigenvalue weighted by Gasteiger charge is -2.24. The number of hydrogen-bond acceptors (Lipinski definition) is 6. The van der Waals surface area contributed by atoms with Crippen molar-refractivity contribution in [3.05, 3.63) is 23.2 Å². The third-order valence-electron chi connectivity index (χ3n) is 5.00. The van der Waals surface area contributed by atoms with Crippen LogP contribution in [0, 0.1) is 11.3 Å². The number of nitrogens with zero attached hydrogens (tertiary/aromatic N) is 2. The van der Waals surface area contributed by atoms with Gasteiger partial charge in [0.2, 0.25) is 5.91 Å². The molecule has 1 aromatic rings. The van der Waals surface area contributed by atoms with E-state index >= 15 is 0 Å². The lowest BCUT2D eigenvalue weighted by Crippen LogP contribution is -2.47. The Kier molecular flexibility index (Phi) is 5.94. The third-order valence-corrected chi connectivity index (χ3v) is 6.40. The number of likely N-dealkylation sites (tertiary alicyclic amines) is 1. The van der Waals surface area contributed by atoms with E-state index in [1.54, 1.807) is 4.90 Å². The number of hydrogen-bond donors (Lipinski definition) is 1. The van der Waals surface area contributed by atoms with Crippen molar-refractivity contribution in [3.8, 4) is 11.8 Å². The van der Waals surface area contributed by atoms with Gasteiger partial charge in [0.1, 0.15) is 18.4 Å². The summed E-state index contributed by atoms with van der Waals surface area (Å²) in [6.45, 7) is 0.960. The van der Waals surface area contributed by atoms with E-state index in [-0.39, 0.29) is 34.0 Å². The highest BCUT2D eigenvalue weighted by Gasteiger charge is 2.37. The smallest absolute Gasteiger partial charge is 0.240 e. The molecule has 1 amide bonds. The van der Waals surface area contributed by atoms with Crippen molar-refractivity contribution in [2.24, 2.45) is 0 Å². The molecule has 0 aliphatic carbocycles. The average molecular weight is 412 g/mol. The van der Waals surface area contributed by atoms with Crippen LogP contribution < -0.4 is 10.1 Å². The molecule has 2 saturated heterocycles. The highest BCUT2D eigenvalue weighted by atomic mass is 35.5. The first-order valence-corrected chi connectivity index (χ1v) is 11.1. The molecular formula is C18H22ClN3O4S. The highest BCUT2D eigenvalue weighted by Crippen LogP contribution is 2.28. The molecule has 3 rings (SSSR count). The van der Waals surface area contributed by atoms with Crippen molar-refractivity contribution in [2.75, 3.05) is 19.4 Å². The summed E-state index contributed by atoms with van der Waals surface area (Å²) in [5.74, 6) is 0.391. The minimum absolute atomic E-state index is 0.00672. The van der Waals surface area contributed by atoms with Gasteiger partial charge in [0.25, 0.3) is 0 Å². The Hall–Kier alpha value is -1.82. The lowest BCUT2D eigenvalue weighted by molar-refractivity contribution is -0.133. The number of nitrogens with one attached hydrogen (secondary N) is 1. The number of rotatable bonds is 5. The molecule has 0 spiro atoms. The van der Waals surface area contributed by atoms with Gasteiger partial charge >= 0.3 is 0 Å². The minimum atomic E-state index is -3.32. The van der Waals surface area contributed by atoms with Crippen LogP contribution in [0.15, 0.2) is 23.1 Å². The van der Waals surface area contributed by atoms with Gasteiger partial charge in [-0.1, -0.05) is 11.6 Å². The summed E-state index contributed by atoms with van der Waals surface area (Å²) in [6, 6.07) is 5.94. The van der Waals surface area contributed by atoms with E-state index in [1.165, 1.54) is 18.2 Å². The summed E-state index contributed by atoms with van der Waals surface area (Å²) in [5, 5.41) is 12.7. The first-order valence-electron chi connectivity index (χ1n) is 8.88. The SMILES string of the molecule is CS(=O)(=O)c1ccc(OC[C@H]2CC[C@@H](C(=O)N3CCC[C@H]3C#N)N2)c(Cl)c1. The Balaban J connectivity index is 1.55. The molecule has 0 radical (unpaired) electrons. The van der Waals surface area contributed by atoms with Gasteiger partial charge < -0.3 is 9.64 Å². The van der Waals surface area contributed by atoms with Crippen molar-refractivity contribution < 1.29 is 17.9 Å². The Morgan fingerprint density at radius 3 is 2.85 bits per heavy atom. The molecule has 1 N–H and O–H groups in total. The molecule has 2 heterocycles. The molecule has 3 atom stereocenters. The van der Waals surface area contributed by atoms with Gasteiger partial charge in [-0.3, -0.25) is 10.1 Å². The Morgan fingerprint density at radius 2 is 2.19 bits per heavy atom. The molecule has 2 aliphatic heterocycles. The summed E-state index contributed by atoms with van der Waals surface area (Å²) >= 11 is 6.12. The zero-order chi connectivity index (χ0) is 19.6. The van der Waals surface area contributed by atoms with Crippen molar-refractivity contribution in [3.63, 3.8) is 0 Å². The van der Waals surface area contributed by atoms with Gasteiger partial charge in [0.15, 0.2) is 9.84 Å². The van der Waals surface area contributed by atoms with Crippen molar-refractivity contribution >= 4 is 27.3 Å². The summed E-state index contributed by atoms with van der Waals surface area (Å²) in [6.07, 6.45) is 4.20. The van der Waals surface area contributed by atoms with E-state index < -0.39 is 9.84 Å². The number of benzene rings is 1. The molecule has 0 saturated carbocycles. The fourth-order valence-corrected chi connectivity index (χ4v) is 4.48. The fraction of sp³-hybridized carbons (Fsp3) is 0.556. The van der Waals surface area contributed by atoms with E-state index in [0.717, 1.165) is 25.5 Å². The number of nitriles is 1. The summed E-state index contributed by atoms with van der Waals surface area (Å²) in [5.41, 5.74) is 0. The van der Waals surface area contributed by atoms with Crippen LogP contribution in [-0.2, 0) is 14.6 Å². The van der Waals surface area contributed by atoms with Crippen molar-refractivity contribution in [2.45, 2.75) is 48.7 Å². The second-order valence-electron chi connectivity index (χ2n) is 6.99. The normalized spacial score (nSPS) is 25.4. The number of carbonyl (C=O) groups is 1. The molecule has 1 aromatic carbocycles. The van der Waals surface area contributed by atoms with E-state index in [1.807, 2.05) is 0 Å². The van der Waals surface area contributed by atoms with Crippen molar-refractivity contribution in [1.29, 1.82) is 5.26 Å². The first-order chi connectivity index (χ1) is 12.8. The van der Waals surface area contributed by atoms with Gasteiger partial charge in [-0.05, 0) is 43.9 Å². The van der Waals surface area contributed by atoms with E-state index in [4.69, 9.17) is 21.6 Å². The van der Waals surface area contributed by atoms with Crippen LogP contribution in [0.3, 0.4) is 0 Å². The molecule has 146 valence electrons. The largest absolute Gasteiger partial charge is 0.490 e. The van der Waals surface area contributed by atoms with Crippen LogP contribution in [0.5, 0.6) is 5.75 Å². The average Bonchev–Trinajstić information content (AvgIpc) is 3.28. The maximum absolute atomic E-state index is 12.6. The van der Waals surface area contributed by atoms with Gasteiger partial charge in [-0.15, -0.1) is 0 Å². The van der Waals surface area contributed by atoms with Crippen LogP contribution in [-0.4, -0.2) is 56.8 Å². The monoisotopic (exact) mass is 411 g/mol. The Labute approximate surface area is 164 Å². The highest BCUT2D eigenvalue weighted by molar-refractivity contribution is 7.90. The Morgan fingerprint density at radius 1 is 1.41 bits per heavy atom. The van der Waals surface area contributed by atoms with Crippen LogP contribution in [0.2, 0.25) is 5.02 Å². The number of ether oxygens (including phenoxy) is 1. The zero-order valence-electron chi connectivity index (χ0n) is 15.0. The van der Waals surface area contributed by atoms with Gasteiger partial charge in [-0.2, -0.15) is 5.26 Å². The number of amides is 1. The van der Waals surface area contributed by atoms with E-state index in [2.05, 4.69) is 11.4 Å². The zero-order valence-corrected chi connectivity index (χ0v) is 16.6. The van der Waals surface area contributed by atoms with Crippen molar-refractivity contribution in [1.82, 2.24) is 10.2 Å². The molecule has 2 aliphatic rings. The van der Waals surface area contributed by atoms with Crippen LogP contribution in [0.4, 0.5) is 0 Å². The number of halogens is 1. The standard InChI is InChI=1S/C18H22ClN3O4S/c1-27(24,25)14-5-7-17(15(19)9-14)26-11-12-4-6-16(21-12)18(23)22-8-2-3-13(22)10-20/h5,7,9,12-13,16,21H,2-4,6,8,11H2,1H3/t12-,13+,16+/m1/s1. The minimum Gasteiger partial charge on any atom is -0.490 e. The topological polar surface area (TPSA) is 99.5 Å². The molecule has 7 nitrogen and oxygen atoms in total. The van der Waals surface area contributed by atoms with Crippen LogP contribution in [0.25, 0.3) is 0 Å². The Bertz CT molecular complexity index is 868. The summed E-state index contributed by atoms with van der Waals surface area (Å²) in [7, 11) is -3.32. The molecule has 2 fully saturated rings. The van der Waals surface area contributed by atoms with Gasteiger partial charge in [0, 0.05) is 18.8 Å². The van der Waals surface area contributed by atoms with Gasteiger partial charge in [-0.25, -0.2) is 8.42 Å². The number of carbonyl (C=O) groups excluding carboxylic acids is 1. The predicted molar refractivity (Wildman–Crippen MR) is 100 cm³/mol. The molecule has 0 aromatic heterocycles. The van der Waals surface area contributed by atoms with Gasteiger partial charge in [0.05, 0.1) is 22.0 Å².